The summed E-state index contributed by atoms with van der Waals surface area (Å²) in [5.74, 6) is -4.31. The van der Waals surface area contributed by atoms with Crippen molar-refractivity contribution < 1.29 is 39.6 Å². The lowest BCUT2D eigenvalue weighted by molar-refractivity contribution is -0.143. The van der Waals surface area contributed by atoms with Crippen LogP contribution in [0.2, 0.25) is 0 Å². The minimum absolute atomic E-state index is 0.296. The highest BCUT2D eigenvalue weighted by Crippen LogP contribution is 1.86. The summed E-state index contributed by atoms with van der Waals surface area (Å²) in [7, 11) is 0. The molecule has 0 bridgehead atoms. The third-order valence-electron chi connectivity index (χ3n) is 2.23. The zero-order valence-electron chi connectivity index (χ0n) is 14.6. The number of nitrogens with one attached hydrogen (secondary N) is 2. The molecule has 0 aliphatic carbocycles. The van der Waals surface area contributed by atoms with Crippen LogP contribution in [0.3, 0.4) is 0 Å². The average molecular weight is 382 g/mol. The van der Waals surface area contributed by atoms with Gasteiger partial charge in [-0.1, -0.05) is 0 Å². The van der Waals surface area contributed by atoms with E-state index >= 15 is 0 Å². The van der Waals surface area contributed by atoms with Crippen molar-refractivity contribution in [2.45, 2.75) is 25.7 Å². The van der Waals surface area contributed by atoms with E-state index in [0.29, 0.717) is 13.1 Å². The molecule has 0 saturated heterocycles. The Hall–Kier alpha value is -2.28. The lowest BCUT2D eigenvalue weighted by atomic mass is 10.3. The quantitative estimate of drug-likeness (QED) is 0.161. The van der Waals surface area contributed by atoms with Crippen molar-refractivity contribution in [2.24, 2.45) is 11.5 Å². The van der Waals surface area contributed by atoms with E-state index in [4.69, 9.17) is 31.9 Å². The van der Waals surface area contributed by atoms with Crippen LogP contribution >= 0.6 is 0 Å². The van der Waals surface area contributed by atoms with Gasteiger partial charge in [0, 0.05) is 39.3 Å². The number of carboxylic acids is 4. The number of rotatable bonds is 13. The molecule has 0 aromatic rings. The van der Waals surface area contributed by atoms with E-state index in [1.165, 1.54) is 0 Å². The van der Waals surface area contributed by atoms with Crippen molar-refractivity contribution >= 4 is 23.9 Å². The van der Waals surface area contributed by atoms with E-state index in [9.17, 15) is 19.2 Å². The molecule has 0 amide bonds. The van der Waals surface area contributed by atoms with Crippen molar-refractivity contribution in [3.8, 4) is 0 Å². The molecule has 0 atom stereocenters. The summed E-state index contributed by atoms with van der Waals surface area (Å²) >= 11 is 0. The average Bonchev–Trinajstić information content (AvgIpc) is 2.55. The lowest BCUT2D eigenvalue weighted by Gasteiger charge is -2.03. The second kappa shape index (κ2) is 22.7. The molecule has 0 spiro atoms. The summed E-state index contributed by atoms with van der Waals surface area (Å²) in [5, 5.41) is 37.9. The third-order valence-corrected chi connectivity index (χ3v) is 2.23. The Morgan fingerprint density at radius 3 is 0.923 bits per heavy atom. The van der Waals surface area contributed by atoms with Gasteiger partial charge in [-0.25, -0.2) is 0 Å². The van der Waals surface area contributed by atoms with E-state index in [-0.39, 0.29) is 25.7 Å². The fraction of sp³-hybridized carbons (Fsp3) is 0.714. The summed E-state index contributed by atoms with van der Waals surface area (Å²) < 4.78 is 0. The van der Waals surface area contributed by atoms with Gasteiger partial charge >= 0.3 is 23.9 Å². The van der Waals surface area contributed by atoms with Crippen LogP contribution in [0, 0.1) is 0 Å². The van der Waals surface area contributed by atoms with Crippen LogP contribution in [0.4, 0.5) is 0 Å². The van der Waals surface area contributed by atoms with Crippen LogP contribution in [0.15, 0.2) is 0 Å². The topological polar surface area (TPSA) is 225 Å². The highest BCUT2D eigenvalue weighted by molar-refractivity contribution is 5.75. The molecule has 10 N–H and O–H groups in total. The zero-order valence-corrected chi connectivity index (χ0v) is 14.6. The Morgan fingerprint density at radius 2 is 0.769 bits per heavy atom. The van der Waals surface area contributed by atoms with Gasteiger partial charge in [0.25, 0.3) is 0 Å². The molecule has 0 heterocycles. The molecular formula is C14H30N4O8. The Morgan fingerprint density at radius 1 is 0.538 bits per heavy atom. The number of nitrogens with two attached hydrogens (primary N) is 2. The Balaban J connectivity index is -0.000000308. The monoisotopic (exact) mass is 382 g/mol. The van der Waals surface area contributed by atoms with Crippen molar-refractivity contribution in [1.82, 2.24) is 10.6 Å². The van der Waals surface area contributed by atoms with Gasteiger partial charge in [0.15, 0.2) is 0 Å². The number of hydrogen-bond donors (Lipinski definition) is 8. The summed E-state index contributed by atoms with van der Waals surface area (Å²) in [6.07, 6.45) is -1.19. The summed E-state index contributed by atoms with van der Waals surface area (Å²) in [5.41, 5.74) is 10.5. The Bertz CT molecular complexity index is 329. The largest absolute Gasteiger partial charge is 0.481 e. The maximum absolute atomic E-state index is 9.64. The van der Waals surface area contributed by atoms with Crippen molar-refractivity contribution in [2.75, 3.05) is 39.3 Å². The van der Waals surface area contributed by atoms with Crippen molar-refractivity contribution in [1.29, 1.82) is 0 Å². The summed E-state index contributed by atoms with van der Waals surface area (Å²) in [6.45, 7) is 5.14. The molecule has 0 aromatic heterocycles. The smallest absolute Gasteiger partial charge is 0.303 e. The standard InChI is InChI=1S/C6H18N4.2C4H6O4/c7-1-3-9-5-6-10-4-2-8;2*5-3(6)1-2-4(7)8/h9-10H,1-8H2;2*1-2H2,(H,5,6)(H,7,8). The molecule has 0 unspecified atom stereocenters. The van der Waals surface area contributed by atoms with Crippen LogP contribution in [0.5, 0.6) is 0 Å². The first kappa shape index (κ1) is 28.5. The van der Waals surface area contributed by atoms with Gasteiger partial charge in [-0.15, -0.1) is 0 Å². The number of hydrogen-bond acceptors (Lipinski definition) is 8. The first-order chi connectivity index (χ1) is 12.2. The molecular weight excluding hydrogens is 352 g/mol. The van der Waals surface area contributed by atoms with Gasteiger partial charge < -0.3 is 42.5 Å². The van der Waals surface area contributed by atoms with Crippen LogP contribution in [-0.4, -0.2) is 83.6 Å². The first-order valence-corrected chi connectivity index (χ1v) is 7.86. The Kier molecular flexibility index (Phi) is 24.9. The zero-order chi connectivity index (χ0) is 20.8. The summed E-state index contributed by atoms with van der Waals surface area (Å²) in [6, 6.07) is 0. The van der Waals surface area contributed by atoms with E-state index in [1.807, 2.05) is 0 Å². The highest BCUT2D eigenvalue weighted by Gasteiger charge is 2.01. The number of carbonyl (C=O) groups is 4. The molecule has 12 nitrogen and oxygen atoms in total. The predicted octanol–water partition coefficient (Wildman–Crippen LogP) is -2.05. The molecule has 0 saturated carbocycles. The molecule has 0 fully saturated rings. The normalized spacial score (nSPS) is 9.15. The van der Waals surface area contributed by atoms with Gasteiger partial charge in [-0.3, -0.25) is 19.2 Å². The fourth-order valence-electron chi connectivity index (χ4n) is 1.06. The molecule has 12 heteroatoms. The van der Waals surface area contributed by atoms with Crippen LogP contribution < -0.4 is 22.1 Å². The molecule has 0 rings (SSSR count). The lowest BCUT2D eigenvalue weighted by Crippen LogP contribution is -2.32. The molecule has 0 aliphatic heterocycles. The van der Waals surface area contributed by atoms with E-state index in [1.54, 1.807) is 0 Å². The van der Waals surface area contributed by atoms with Crippen LogP contribution in [0.25, 0.3) is 0 Å². The third kappa shape index (κ3) is 43.0. The Labute approximate surface area is 151 Å². The number of aliphatic carboxylic acids is 4. The second-order valence-corrected chi connectivity index (χ2v) is 4.65. The van der Waals surface area contributed by atoms with E-state index < -0.39 is 23.9 Å². The van der Waals surface area contributed by atoms with Crippen molar-refractivity contribution in [3.05, 3.63) is 0 Å². The molecule has 0 aliphatic rings. The van der Waals surface area contributed by atoms with Gasteiger partial charge in [0.2, 0.25) is 0 Å². The predicted molar refractivity (Wildman–Crippen MR) is 92.9 cm³/mol. The molecule has 0 radical (unpaired) electrons. The number of carboxylic acid groups (broad SMARTS) is 4. The fourth-order valence-corrected chi connectivity index (χ4v) is 1.06. The first-order valence-electron chi connectivity index (χ1n) is 7.86. The van der Waals surface area contributed by atoms with Crippen LogP contribution in [0.1, 0.15) is 25.7 Å². The van der Waals surface area contributed by atoms with E-state index in [0.717, 1.165) is 26.2 Å². The van der Waals surface area contributed by atoms with Crippen molar-refractivity contribution in [3.63, 3.8) is 0 Å². The molecule has 26 heavy (non-hydrogen) atoms. The van der Waals surface area contributed by atoms with Crippen LogP contribution in [-0.2, 0) is 19.2 Å². The second-order valence-electron chi connectivity index (χ2n) is 4.65. The maximum Gasteiger partial charge on any atom is 0.303 e. The maximum atomic E-state index is 9.64. The van der Waals surface area contributed by atoms with Gasteiger partial charge in [0.1, 0.15) is 0 Å². The minimum Gasteiger partial charge on any atom is -0.481 e. The summed E-state index contributed by atoms with van der Waals surface area (Å²) in [4.78, 5) is 38.6. The molecule has 154 valence electrons. The van der Waals surface area contributed by atoms with Gasteiger partial charge in [-0.2, -0.15) is 0 Å². The minimum atomic E-state index is -1.08. The SMILES string of the molecule is NCCNCCNCCN.O=C(O)CCC(=O)O.O=C(O)CCC(=O)O. The highest BCUT2D eigenvalue weighted by atomic mass is 16.4. The molecule has 0 aromatic carbocycles. The van der Waals surface area contributed by atoms with Gasteiger partial charge in [0.05, 0.1) is 25.7 Å². The van der Waals surface area contributed by atoms with Gasteiger partial charge in [-0.05, 0) is 0 Å². The van der Waals surface area contributed by atoms with E-state index in [2.05, 4.69) is 10.6 Å².